The largest absolute Gasteiger partial charge is 0.349 e. The van der Waals surface area contributed by atoms with Crippen molar-refractivity contribution in [3.63, 3.8) is 0 Å². The Labute approximate surface area is 166 Å². The summed E-state index contributed by atoms with van der Waals surface area (Å²) in [6.45, 7) is 11.2. The standard InChI is InChI=1S/C22H29N5O/c1-15(2)13-27-18(5)21(17(4)25-27)12-22(28)24-16(3)19-6-8-20(9-7-19)26-11-10-23-14-26/h6-11,14-16H,12-13H2,1-5H3,(H,24,28)/t16-/m1/s1. The molecule has 0 unspecified atom stereocenters. The lowest BCUT2D eigenvalue weighted by atomic mass is 10.1. The van der Waals surface area contributed by atoms with Crippen LogP contribution < -0.4 is 5.32 Å². The Hall–Kier alpha value is -2.89. The summed E-state index contributed by atoms with van der Waals surface area (Å²) in [4.78, 5) is 16.7. The number of hydrogen-bond acceptors (Lipinski definition) is 3. The SMILES string of the molecule is Cc1nn(CC(C)C)c(C)c1CC(=O)N[C@H](C)c1ccc(-n2ccnc2)cc1. The van der Waals surface area contributed by atoms with Crippen LogP contribution in [0.5, 0.6) is 0 Å². The summed E-state index contributed by atoms with van der Waals surface area (Å²) in [6, 6.07) is 8.08. The van der Waals surface area contributed by atoms with Gasteiger partial charge in [-0.15, -0.1) is 0 Å². The molecule has 148 valence electrons. The zero-order valence-corrected chi connectivity index (χ0v) is 17.3. The van der Waals surface area contributed by atoms with Crippen molar-refractivity contribution in [3.8, 4) is 5.69 Å². The Kier molecular flexibility index (Phi) is 5.97. The van der Waals surface area contributed by atoms with Crippen LogP contribution in [0.15, 0.2) is 43.0 Å². The van der Waals surface area contributed by atoms with E-state index in [9.17, 15) is 4.79 Å². The van der Waals surface area contributed by atoms with Crippen LogP contribution in [-0.2, 0) is 17.8 Å². The normalized spacial score (nSPS) is 12.4. The van der Waals surface area contributed by atoms with Crippen molar-refractivity contribution < 1.29 is 4.79 Å². The van der Waals surface area contributed by atoms with E-state index in [0.29, 0.717) is 12.3 Å². The fourth-order valence-electron chi connectivity index (χ4n) is 3.40. The number of imidazole rings is 1. The van der Waals surface area contributed by atoms with Gasteiger partial charge >= 0.3 is 0 Å². The zero-order chi connectivity index (χ0) is 20.3. The maximum Gasteiger partial charge on any atom is 0.225 e. The number of aromatic nitrogens is 4. The molecule has 0 aliphatic heterocycles. The Bertz CT molecular complexity index is 923. The van der Waals surface area contributed by atoms with Crippen molar-refractivity contribution in [2.45, 2.75) is 53.6 Å². The lowest BCUT2D eigenvalue weighted by Crippen LogP contribution is -2.28. The topological polar surface area (TPSA) is 64.7 Å². The van der Waals surface area contributed by atoms with Crippen molar-refractivity contribution in [1.82, 2.24) is 24.6 Å². The summed E-state index contributed by atoms with van der Waals surface area (Å²) in [5.41, 5.74) is 5.16. The van der Waals surface area contributed by atoms with Gasteiger partial charge in [-0.3, -0.25) is 9.48 Å². The smallest absolute Gasteiger partial charge is 0.225 e. The predicted octanol–water partition coefficient (Wildman–Crippen LogP) is 3.76. The molecule has 1 amide bonds. The highest BCUT2D eigenvalue weighted by atomic mass is 16.1. The van der Waals surface area contributed by atoms with Crippen LogP contribution in [0, 0.1) is 19.8 Å². The third kappa shape index (κ3) is 4.50. The molecule has 0 saturated carbocycles. The monoisotopic (exact) mass is 379 g/mol. The lowest BCUT2D eigenvalue weighted by molar-refractivity contribution is -0.121. The first-order chi connectivity index (χ1) is 13.3. The molecule has 0 saturated heterocycles. The van der Waals surface area contributed by atoms with E-state index in [2.05, 4.69) is 29.2 Å². The molecule has 0 spiro atoms. The molecule has 1 aromatic carbocycles. The number of amides is 1. The van der Waals surface area contributed by atoms with Crippen molar-refractivity contribution in [2.75, 3.05) is 0 Å². The molecule has 28 heavy (non-hydrogen) atoms. The maximum atomic E-state index is 12.6. The minimum absolute atomic E-state index is 0.0153. The van der Waals surface area contributed by atoms with E-state index < -0.39 is 0 Å². The van der Waals surface area contributed by atoms with Crippen LogP contribution in [0.4, 0.5) is 0 Å². The molecule has 1 atom stereocenters. The average molecular weight is 380 g/mol. The second-order valence-electron chi connectivity index (χ2n) is 7.75. The Morgan fingerprint density at radius 2 is 1.86 bits per heavy atom. The first kappa shape index (κ1) is 19.9. The lowest BCUT2D eigenvalue weighted by Gasteiger charge is -2.15. The van der Waals surface area contributed by atoms with Gasteiger partial charge in [0, 0.05) is 35.9 Å². The number of aryl methyl sites for hydroxylation is 1. The van der Waals surface area contributed by atoms with Gasteiger partial charge in [-0.1, -0.05) is 26.0 Å². The van der Waals surface area contributed by atoms with Crippen LogP contribution in [0.3, 0.4) is 0 Å². The van der Waals surface area contributed by atoms with Gasteiger partial charge in [0.05, 0.1) is 24.5 Å². The molecule has 0 aliphatic rings. The van der Waals surface area contributed by atoms with Crippen LogP contribution in [0.25, 0.3) is 5.69 Å². The summed E-state index contributed by atoms with van der Waals surface area (Å²) in [5.74, 6) is 0.534. The van der Waals surface area contributed by atoms with Gasteiger partial charge in [0.1, 0.15) is 0 Å². The third-order valence-corrected chi connectivity index (χ3v) is 4.98. The predicted molar refractivity (Wildman–Crippen MR) is 110 cm³/mol. The number of nitrogens with one attached hydrogen (secondary N) is 1. The van der Waals surface area contributed by atoms with Gasteiger partial charge in [-0.05, 0) is 44.4 Å². The van der Waals surface area contributed by atoms with Crippen molar-refractivity contribution in [3.05, 3.63) is 65.5 Å². The average Bonchev–Trinajstić information content (AvgIpc) is 3.26. The van der Waals surface area contributed by atoms with Crippen LogP contribution in [0.1, 0.15) is 49.3 Å². The van der Waals surface area contributed by atoms with E-state index >= 15 is 0 Å². The van der Waals surface area contributed by atoms with Gasteiger partial charge < -0.3 is 9.88 Å². The van der Waals surface area contributed by atoms with Crippen molar-refractivity contribution in [2.24, 2.45) is 5.92 Å². The molecule has 6 heteroatoms. The first-order valence-electron chi connectivity index (χ1n) is 9.75. The molecule has 1 N–H and O–H groups in total. The van der Waals surface area contributed by atoms with Gasteiger partial charge in [-0.25, -0.2) is 4.98 Å². The summed E-state index contributed by atoms with van der Waals surface area (Å²) >= 11 is 0. The molecule has 3 rings (SSSR count). The third-order valence-electron chi connectivity index (χ3n) is 4.98. The van der Waals surface area contributed by atoms with Crippen LogP contribution >= 0.6 is 0 Å². The number of hydrogen-bond donors (Lipinski definition) is 1. The van der Waals surface area contributed by atoms with Crippen LogP contribution in [-0.4, -0.2) is 25.2 Å². The van der Waals surface area contributed by atoms with Gasteiger partial charge in [0.2, 0.25) is 5.91 Å². The highest BCUT2D eigenvalue weighted by molar-refractivity contribution is 5.79. The molecule has 3 aromatic rings. The molecular formula is C22H29N5O. The van der Waals surface area contributed by atoms with E-state index in [0.717, 1.165) is 34.7 Å². The molecule has 0 fully saturated rings. The Morgan fingerprint density at radius 3 is 2.46 bits per heavy atom. The van der Waals surface area contributed by atoms with E-state index in [-0.39, 0.29) is 11.9 Å². The Balaban J connectivity index is 1.64. The molecule has 2 aromatic heterocycles. The molecule has 2 heterocycles. The minimum Gasteiger partial charge on any atom is -0.349 e. The second-order valence-corrected chi connectivity index (χ2v) is 7.75. The van der Waals surface area contributed by atoms with E-state index in [1.807, 2.05) is 60.5 Å². The Morgan fingerprint density at radius 1 is 1.14 bits per heavy atom. The maximum absolute atomic E-state index is 12.6. The van der Waals surface area contributed by atoms with Gasteiger partial charge in [0.25, 0.3) is 0 Å². The number of carbonyl (C=O) groups excluding carboxylic acids is 1. The summed E-state index contributed by atoms with van der Waals surface area (Å²) < 4.78 is 3.97. The molecule has 0 aliphatic carbocycles. The molecule has 0 radical (unpaired) electrons. The summed E-state index contributed by atoms with van der Waals surface area (Å²) in [5, 5.41) is 7.71. The zero-order valence-electron chi connectivity index (χ0n) is 17.3. The minimum atomic E-state index is -0.0596. The summed E-state index contributed by atoms with van der Waals surface area (Å²) in [7, 11) is 0. The molecule has 0 bridgehead atoms. The van der Waals surface area contributed by atoms with Crippen molar-refractivity contribution >= 4 is 5.91 Å². The van der Waals surface area contributed by atoms with Crippen molar-refractivity contribution in [1.29, 1.82) is 0 Å². The highest BCUT2D eigenvalue weighted by Crippen LogP contribution is 2.18. The van der Waals surface area contributed by atoms with Crippen LogP contribution in [0.2, 0.25) is 0 Å². The highest BCUT2D eigenvalue weighted by Gasteiger charge is 2.17. The number of benzene rings is 1. The second kappa shape index (κ2) is 8.42. The fraction of sp³-hybridized carbons (Fsp3) is 0.409. The van der Waals surface area contributed by atoms with Gasteiger partial charge in [-0.2, -0.15) is 5.10 Å². The summed E-state index contributed by atoms with van der Waals surface area (Å²) in [6.07, 6.45) is 5.78. The van der Waals surface area contributed by atoms with E-state index in [1.165, 1.54) is 0 Å². The first-order valence-corrected chi connectivity index (χ1v) is 9.75. The molecule has 6 nitrogen and oxygen atoms in total. The molecular weight excluding hydrogens is 350 g/mol. The number of carbonyl (C=O) groups is 1. The number of rotatable bonds is 7. The van der Waals surface area contributed by atoms with E-state index in [1.54, 1.807) is 12.5 Å². The quantitative estimate of drug-likeness (QED) is 0.680. The number of nitrogens with zero attached hydrogens (tertiary/aromatic N) is 4. The van der Waals surface area contributed by atoms with E-state index in [4.69, 9.17) is 0 Å². The fourth-order valence-corrected chi connectivity index (χ4v) is 3.40. The van der Waals surface area contributed by atoms with Gasteiger partial charge in [0.15, 0.2) is 0 Å².